The second-order valence-corrected chi connectivity index (χ2v) is 6.45. The number of esters is 1. The molecule has 4 nitrogen and oxygen atoms in total. The number of hydrogen-bond acceptors (Lipinski definition) is 4. The van der Waals surface area contributed by atoms with Gasteiger partial charge in [0.05, 0.1) is 17.5 Å². The van der Waals surface area contributed by atoms with E-state index in [1.165, 1.54) is 0 Å². The molecule has 0 unspecified atom stereocenters. The summed E-state index contributed by atoms with van der Waals surface area (Å²) in [5.74, 6) is 0.149. The molecule has 4 heteroatoms. The fourth-order valence-corrected chi connectivity index (χ4v) is 2.73. The molecular formula is C23H22N2O2. The van der Waals surface area contributed by atoms with Crippen molar-refractivity contribution in [1.29, 1.82) is 0 Å². The number of rotatable bonds is 5. The topological polar surface area (TPSA) is 52.1 Å². The van der Waals surface area contributed by atoms with Gasteiger partial charge < -0.3 is 4.74 Å². The number of nitrogens with zero attached hydrogens (tertiary/aromatic N) is 2. The molecule has 0 spiro atoms. The molecule has 0 bridgehead atoms. The van der Waals surface area contributed by atoms with Gasteiger partial charge in [0.1, 0.15) is 5.56 Å². The summed E-state index contributed by atoms with van der Waals surface area (Å²) in [6.45, 7) is 5.46. The number of benzene rings is 2. The summed E-state index contributed by atoms with van der Waals surface area (Å²) in [6, 6.07) is 19.6. The molecule has 3 aromatic rings. The van der Waals surface area contributed by atoms with Crippen molar-refractivity contribution < 1.29 is 9.53 Å². The summed E-state index contributed by atoms with van der Waals surface area (Å²) in [6.07, 6.45) is 3.60. The third kappa shape index (κ3) is 4.67. The van der Waals surface area contributed by atoms with Crippen LogP contribution in [0, 0.1) is 6.92 Å². The molecule has 0 atom stereocenters. The first-order valence-electron chi connectivity index (χ1n) is 8.93. The molecule has 0 amide bonds. The van der Waals surface area contributed by atoms with E-state index < -0.39 is 5.97 Å². The highest BCUT2D eigenvalue weighted by Crippen LogP contribution is 2.25. The summed E-state index contributed by atoms with van der Waals surface area (Å²) in [5.41, 5.74) is 3.51. The van der Waals surface area contributed by atoms with E-state index in [-0.39, 0.29) is 6.10 Å². The Bertz CT molecular complexity index is 949. The average molecular weight is 358 g/mol. The molecule has 1 aromatic heterocycles. The minimum Gasteiger partial charge on any atom is -0.459 e. The SMILES string of the molecule is Cc1nc(/C=C/c2ccccc2)nc(-c2ccccc2)c1C(=O)OC(C)C. The molecule has 136 valence electrons. The Hall–Kier alpha value is -3.27. The van der Waals surface area contributed by atoms with Crippen molar-refractivity contribution in [2.24, 2.45) is 0 Å². The standard InChI is InChI=1S/C23H22N2O2/c1-16(2)27-23(26)21-17(3)24-20(15-14-18-10-6-4-7-11-18)25-22(21)19-12-8-5-9-13-19/h4-16H,1-3H3/b15-14+. The van der Waals surface area contributed by atoms with Crippen molar-refractivity contribution in [3.8, 4) is 11.3 Å². The van der Waals surface area contributed by atoms with Crippen LogP contribution in [0.3, 0.4) is 0 Å². The van der Waals surface area contributed by atoms with E-state index in [2.05, 4.69) is 9.97 Å². The summed E-state index contributed by atoms with van der Waals surface area (Å²) in [5, 5.41) is 0. The Kier molecular flexibility index (Phi) is 5.77. The molecule has 0 aliphatic heterocycles. The maximum atomic E-state index is 12.6. The Morgan fingerprint density at radius 2 is 1.56 bits per heavy atom. The van der Waals surface area contributed by atoms with Crippen molar-refractivity contribution in [2.75, 3.05) is 0 Å². The van der Waals surface area contributed by atoms with E-state index >= 15 is 0 Å². The summed E-state index contributed by atoms with van der Waals surface area (Å²) < 4.78 is 5.41. The lowest BCUT2D eigenvalue weighted by molar-refractivity contribution is 0.0377. The molecule has 0 saturated heterocycles. The smallest absolute Gasteiger partial charge is 0.342 e. The van der Waals surface area contributed by atoms with Gasteiger partial charge in [0.2, 0.25) is 0 Å². The number of hydrogen-bond donors (Lipinski definition) is 0. The highest BCUT2D eigenvalue weighted by molar-refractivity contribution is 5.97. The zero-order chi connectivity index (χ0) is 19.2. The van der Waals surface area contributed by atoms with Crippen LogP contribution in [0.15, 0.2) is 60.7 Å². The third-order valence-corrected chi connectivity index (χ3v) is 3.93. The van der Waals surface area contributed by atoms with Crippen LogP contribution < -0.4 is 0 Å². The lowest BCUT2D eigenvalue weighted by Gasteiger charge is -2.14. The van der Waals surface area contributed by atoms with Gasteiger partial charge >= 0.3 is 5.97 Å². The lowest BCUT2D eigenvalue weighted by Crippen LogP contribution is -2.16. The van der Waals surface area contributed by atoms with Crippen LogP contribution >= 0.6 is 0 Å². The van der Waals surface area contributed by atoms with Gasteiger partial charge in [0, 0.05) is 5.56 Å². The van der Waals surface area contributed by atoms with Crippen LogP contribution in [0.5, 0.6) is 0 Å². The molecule has 2 aromatic carbocycles. The molecule has 0 saturated carbocycles. The Morgan fingerprint density at radius 1 is 0.926 bits per heavy atom. The summed E-state index contributed by atoms with van der Waals surface area (Å²) in [4.78, 5) is 21.8. The number of aryl methyl sites for hydroxylation is 1. The maximum Gasteiger partial charge on any atom is 0.342 e. The first-order valence-corrected chi connectivity index (χ1v) is 8.93. The molecule has 27 heavy (non-hydrogen) atoms. The molecule has 0 fully saturated rings. The highest BCUT2D eigenvalue weighted by atomic mass is 16.5. The van der Waals surface area contributed by atoms with E-state index in [0.717, 1.165) is 11.1 Å². The van der Waals surface area contributed by atoms with Crippen molar-refractivity contribution in [1.82, 2.24) is 9.97 Å². The second kappa shape index (κ2) is 8.41. The predicted molar refractivity (Wildman–Crippen MR) is 108 cm³/mol. The van der Waals surface area contributed by atoms with Crippen molar-refractivity contribution in [3.63, 3.8) is 0 Å². The summed E-state index contributed by atoms with van der Waals surface area (Å²) >= 11 is 0. The lowest BCUT2D eigenvalue weighted by atomic mass is 10.0. The van der Waals surface area contributed by atoms with Crippen molar-refractivity contribution in [3.05, 3.63) is 83.3 Å². The quantitative estimate of drug-likeness (QED) is 0.589. The largest absolute Gasteiger partial charge is 0.459 e. The fraction of sp³-hybridized carbons (Fsp3) is 0.174. The molecule has 0 aliphatic carbocycles. The zero-order valence-corrected chi connectivity index (χ0v) is 15.7. The van der Waals surface area contributed by atoms with Gasteiger partial charge in [-0.15, -0.1) is 0 Å². The van der Waals surface area contributed by atoms with Gasteiger partial charge in [-0.05, 0) is 32.4 Å². The van der Waals surface area contributed by atoms with Crippen LogP contribution in [0.25, 0.3) is 23.4 Å². The minimum absolute atomic E-state index is 0.210. The van der Waals surface area contributed by atoms with E-state index in [4.69, 9.17) is 4.74 Å². The van der Waals surface area contributed by atoms with Gasteiger partial charge in [0.25, 0.3) is 0 Å². The second-order valence-electron chi connectivity index (χ2n) is 6.45. The van der Waals surface area contributed by atoms with Gasteiger partial charge in [-0.3, -0.25) is 0 Å². The van der Waals surface area contributed by atoms with Crippen LogP contribution in [0.2, 0.25) is 0 Å². The Morgan fingerprint density at radius 3 is 2.19 bits per heavy atom. The monoisotopic (exact) mass is 358 g/mol. The normalized spacial score (nSPS) is 11.1. The van der Waals surface area contributed by atoms with Gasteiger partial charge in [-0.25, -0.2) is 14.8 Å². The Labute approximate surface area is 159 Å². The third-order valence-electron chi connectivity index (χ3n) is 3.93. The minimum atomic E-state index is -0.403. The highest BCUT2D eigenvalue weighted by Gasteiger charge is 2.21. The molecule has 1 heterocycles. The zero-order valence-electron chi connectivity index (χ0n) is 15.7. The molecular weight excluding hydrogens is 336 g/mol. The maximum absolute atomic E-state index is 12.6. The molecule has 3 rings (SSSR count). The summed E-state index contributed by atoms with van der Waals surface area (Å²) in [7, 11) is 0. The number of aromatic nitrogens is 2. The van der Waals surface area contributed by atoms with Gasteiger partial charge in [-0.1, -0.05) is 66.7 Å². The van der Waals surface area contributed by atoms with E-state index in [1.54, 1.807) is 0 Å². The van der Waals surface area contributed by atoms with Gasteiger partial charge in [-0.2, -0.15) is 0 Å². The Balaban J connectivity index is 2.07. The predicted octanol–water partition coefficient (Wildman–Crippen LogP) is 5.19. The first kappa shape index (κ1) is 18.5. The molecule has 0 radical (unpaired) electrons. The van der Waals surface area contributed by atoms with E-state index in [1.807, 2.05) is 93.6 Å². The number of carbonyl (C=O) groups is 1. The van der Waals surface area contributed by atoms with Crippen LogP contribution in [-0.4, -0.2) is 22.0 Å². The van der Waals surface area contributed by atoms with E-state index in [9.17, 15) is 4.79 Å². The van der Waals surface area contributed by atoms with Gasteiger partial charge in [0.15, 0.2) is 5.82 Å². The molecule has 0 N–H and O–H groups in total. The average Bonchev–Trinajstić information content (AvgIpc) is 2.66. The number of carbonyl (C=O) groups excluding carboxylic acids is 1. The van der Waals surface area contributed by atoms with Crippen molar-refractivity contribution >= 4 is 18.1 Å². The van der Waals surface area contributed by atoms with E-state index in [0.29, 0.717) is 22.8 Å². The first-order chi connectivity index (χ1) is 13.0. The van der Waals surface area contributed by atoms with Crippen LogP contribution in [-0.2, 0) is 4.74 Å². The molecule has 0 aliphatic rings. The number of ether oxygens (including phenoxy) is 1. The fourth-order valence-electron chi connectivity index (χ4n) is 2.73. The van der Waals surface area contributed by atoms with Crippen molar-refractivity contribution in [2.45, 2.75) is 26.9 Å². The van der Waals surface area contributed by atoms with Crippen LogP contribution in [0.4, 0.5) is 0 Å². The van der Waals surface area contributed by atoms with Crippen LogP contribution in [0.1, 0.15) is 41.3 Å².